The molecule has 1 aliphatic carbocycles. The molecule has 8 nitrogen and oxygen atoms in total. The van der Waals surface area contributed by atoms with E-state index in [2.05, 4.69) is 23.3 Å². The lowest BCUT2D eigenvalue weighted by Crippen LogP contribution is -2.31. The second kappa shape index (κ2) is 5.67. The first-order valence-corrected chi connectivity index (χ1v) is 9.69. The maximum Gasteiger partial charge on any atom is 0.212 e. The Bertz CT molecular complexity index is 1110. The Labute approximate surface area is 161 Å². The van der Waals surface area contributed by atoms with Gasteiger partial charge >= 0.3 is 0 Å². The average molecular weight is 379 g/mol. The molecular formula is C20H21N5O3. The lowest BCUT2D eigenvalue weighted by molar-refractivity contribution is 0.297. The van der Waals surface area contributed by atoms with Gasteiger partial charge in [-0.3, -0.25) is 9.88 Å². The first-order valence-electron chi connectivity index (χ1n) is 9.69. The normalized spacial score (nSPS) is 25.6. The lowest BCUT2D eigenvalue weighted by atomic mass is 10.2. The highest BCUT2D eigenvalue weighted by Crippen LogP contribution is 2.48. The van der Waals surface area contributed by atoms with Gasteiger partial charge in [0, 0.05) is 24.5 Å². The minimum Gasteiger partial charge on any atom is -0.489 e. The average Bonchev–Trinajstić information content (AvgIpc) is 3.13. The molecule has 3 aromatic rings. The van der Waals surface area contributed by atoms with Crippen molar-refractivity contribution in [3.8, 4) is 11.5 Å². The number of anilines is 1. The number of hydrogen-bond acceptors (Lipinski definition) is 7. The van der Waals surface area contributed by atoms with Crippen LogP contribution in [0.15, 0.2) is 33.7 Å². The van der Waals surface area contributed by atoms with Gasteiger partial charge in [0.2, 0.25) is 5.95 Å². The number of imidazole rings is 1. The largest absolute Gasteiger partial charge is 0.489 e. The highest BCUT2D eigenvalue weighted by atomic mass is 16.5. The van der Waals surface area contributed by atoms with E-state index in [9.17, 15) is 0 Å². The minimum atomic E-state index is -0.409. The third-order valence-corrected chi connectivity index (χ3v) is 5.68. The summed E-state index contributed by atoms with van der Waals surface area (Å²) in [6.45, 7) is 3.51. The molecule has 3 atom stereocenters. The van der Waals surface area contributed by atoms with Gasteiger partial charge in [0.05, 0.1) is 24.2 Å². The first kappa shape index (κ1) is 15.9. The van der Waals surface area contributed by atoms with E-state index in [0.717, 1.165) is 34.7 Å². The maximum atomic E-state index is 6.18. The molecule has 1 saturated carbocycles. The SMILES string of the molecule is C[C@@H]1C[C@H]1c1ccc([C@@H]2N=C(N)Nc3nc4cc5c(cc4n32)OCCCO5)o1. The molecular weight excluding hydrogens is 358 g/mol. The fourth-order valence-electron chi connectivity index (χ4n) is 4.04. The fraction of sp³-hybridized carbons (Fsp3) is 0.400. The Morgan fingerprint density at radius 1 is 1.14 bits per heavy atom. The molecule has 28 heavy (non-hydrogen) atoms. The zero-order valence-electron chi connectivity index (χ0n) is 15.5. The van der Waals surface area contributed by atoms with Crippen molar-refractivity contribution in [3.63, 3.8) is 0 Å². The first-order chi connectivity index (χ1) is 13.7. The van der Waals surface area contributed by atoms with Crippen LogP contribution < -0.4 is 20.5 Å². The summed E-state index contributed by atoms with van der Waals surface area (Å²) in [4.78, 5) is 9.30. The summed E-state index contributed by atoms with van der Waals surface area (Å²) in [5.41, 5.74) is 7.73. The zero-order valence-corrected chi connectivity index (χ0v) is 15.5. The summed E-state index contributed by atoms with van der Waals surface area (Å²) in [5, 5.41) is 3.06. The Morgan fingerprint density at radius 2 is 1.89 bits per heavy atom. The van der Waals surface area contributed by atoms with Crippen molar-refractivity contribution < 1.29 is 13.9 Å². The van der Waals surface area contributed by atoms with Crippen LogP contribution in [0, 0.1) is 5.92 Å². The summed E-state index contributed by atoms with van der Waals surface area (Å²) in [5.74, 6) is 5.35. The summed E-state index contributed by atoms with van der Waals surface area (Å²) < 4.78 is 19.8. The molecule has 2 aliphatic heterocycles. The van der Waals surface area contributed by atoms with Crippen LogP contribution in [-0.4, -0.2) is 28.7 Å². The van der Waals surface area contributed by atoms with E-state index in [-0.39, 0.29) is 0 Å². The van der Waals surface area contributed by atoms with Gasteiger partial charge < -0.3 is 19.6 Å². The smallest absolute Gasteiger partial charge is 0.212 e. The molecule has 1 fully saturated rings. The predicted molar refractivity (Wildman–Crippen MR) is 104 cm³/mol. The monoisotopic (exact) mass is 379 g/mol. The molecule has 0 spiro atoms. The Balaban J connectivity index is 1.48. The number of nitrogens with two attached hydrogens (primary N) is 1. The second-order valence-electron chi connectivity index (χ2n) is 7.72. The number of nitrogens with one attached hydrogen (secondary N) is 1. The Morgan fingerprint density at radius 3 is 2.68 bits per heavy atom. The van der Waals surface area contributed by atoms with Gasteiger partial charge in [-0.15, -0.1) is 0 Å². The van der Waals surface area contributed by atoms with Crippen LogP contribution in [0.5, 0.6) is 11.5 Å². The number of nitrogens with zero attached hydrogens (tertiary/aromatic N) is 3. The molecule has 8 heteroatoms. The maximum absolute atomic E-state index is 6.18. The van der Waals surface area contributed by atoms with Gasteiger partial charge in [0.15, 0.2) is 23.6 Å². The second-order valence-corrected chi connectivity index (χ2v) is 7.72. The highest BCUT2D eigenvalue weighted by molar-refractivity contribution is 5.95. The number of benzene rings is 1. The van der Waals surface area contributed by atoms with Crippen molar-refractivity contribution >= 4 is 22.9 Å². The van der Waals surface area contributed by atoms with E-state index < -0.39 is 6.17 Å². The summed E-state index contributed by atoms with van der Waals surface area (Å²) in [6, 6.07) is 7.92. The molecule has 0 unspecified atom stereocenters. The molecule has 3 N–H and O–H groups in total. The molecule has 0 radical (unpaired) electrons. The topological polar surface area (TPSA) is 99.8 Å². The number of fused-ring (bicyclic) bond motifs is 4. The molecule has 4 heterocycles. The van der Waals surface area contributed by atoms with Crippen molar-refractivity contribution in [2.24, 2.45) is 16.6 Å². The van der Waals surface area contributed by atoms with Crippen molar-refractivity contribution in [1.82, 2.24) is 9.55 Å². The van der Waals surface area contributed by atoms with Crippen LogP contribution >= 0.6 is 0 Å². The van der Waals surface area contributed by atoms with Crippen molar-refractivity contribution in [3.05, 3.63) is 35.8 Å². The quantitative estimate of drug-likeness (QED) is 0.709. The molecule has 1 aromatic carbocycles. The van der Waals surface area contributed by atoms with E-state index in [4.69, 9.17) is 24.6 Å². The van der Waals surface area contributed by atoms with Gasteiger partial charge in [-0.05, 0) is 24.5 Å². The van der Waals surface area contributed by atoms with Crippen LogP contribution in [0.4, 0.5) is 5.95 Å². The van der Waals surface area contributed by atoms with Gasteiger partial charge in [-0.25, -0.2) is 9.98 Å². The highest BCUT2D eigenvalue weighted by Gasteiger charge is 2.37. The standard InChI is InChI=1S/C20H21N5O3/c1-10-7-11(10)14-3-4-15(28-14)18-23-19(21)24-20-22-12-8-16-17(9-13(12)25(18)20)27-6-2-5-26-16/h3-4,8-11,18H,2,5-7H2,1H3,(H3,21,22,23,24)/t10-,11-,18-/m1/s1. The van der Waals surface area contributed by atoms with Crippen LogP contribution in [0.25, 0.3) is 11.0 Å². The summed E-state index contributed by atoms with van der Waals surface area (Å²) in [6.07, 6.45) is 1.62. The van der Waals surface area contributed by atoms with E-state index in [1.165, 1.54) is 6.42 Å². The van der Waals surface area contributed by atoms with Crippen LogP contribution in [0.1, 0.15) is 43.4 Å². The number of rotatable bonds is 2. The molecule has 0 bridgehead atoms. The van der Waals surface area contributed by atoms with Gasteiger partial charge in [0.1, 0.15) is 11.5 Å². The third-order valence-electron chi connectivity index (χ3n) is 5.68. The minimum absolute atomic E-state index is 0.319. The molecule has 2 aromatic heterocycles. The van der Waals surface area contributed by atoms with Gasteiger partial charge in [-0.2, -0.15) is 0 Å². The molecule has 3 aliphatic rings. The van der Waals surface area contributed by atoms with Crippen LogP contribution in [0.2, 0.25) is 0 Å². The van der Waals surface area contributed by atoms with E-state index in [0.29, 0.717) is 42.7 Å². The summed E-state index contributed by atoms with van der Waals surface area (Å²) in [7, 11) is 0. The van der Waals surface area contributed by atoms with Crippen LogP contribution in [0.3, 0.4) is 0 Å². The molecule has 0 amide bonds. The van der Waals surface area contributed by atoms with Crippen molar-refractivity contribution in [2.75, 3.05) is 18.5 Å². The molecule has 144 valence electrons. The predicted octanol–water partition coefficient (Wildman–Crippen LogP) is 3.20. The fourth-order valence-corrected chi connectivity index (χ4v) is 4.04. The zero-order chi connectivity index (χ0) is 18.8. The number of furan rings is 1. The summed E-state index contributed by atoms with van der Waals surface area (Å²) >= 11 is 0. The van der Waals surface area contributed by atoms with Gasteiger partial charge in [0.25, 0.3) is 0 Å². The van der Waals surface area contributed by atoms with E-state index in [1.54, 1.807) is 0 Å². The van der Waals surface area contributed by atoms with E-state index in [1.807, 2.05) is 22.8 Å². The van der Waals surface area contributed by atoms with E-state index >= 15 is 0 Å². The van der Waals surface area contributed by atoms with Crippen molar-refractivity contribution in [1.29, 1.82) is 0 Å². The molecule has 6 rings (SSSR count). The van der Waals surface area contributed by atoms with Crippen LogP contribution in [-0.2, 0) is 0 Å². The van der Waals surface area contributed by atoms with Gasteiger partial charge in [-0.1, -0.05) is 6.92 Å². The Hall–Kier alpha value is -3.16. The lowest BCUT2D eigenvalue weighted by Gasteiger charge is -2.22. The number of guanidine groups is 1. The third kappa shape index (κ3) is 2.37. The Kier molecular flexibility index (Phi) is 3.21. The number of aliphatic imine (C=N–C) groups is 1. The molecule has 0 saturated heterocycles. The number of hydrogen-bond donors (Lipinski definition) is 2. The van der Waals surface area contributed by atoms with Crippen molar-refractivity contribution in [2.45, 2.75) is 31.8 Å². The number of aromatic nitrogens is 2. The number of ether oxygens (including phenoxy) is 2.